The number of thioether (sulfide) groups is 1. The van der Waals surface area contributed by atoms with E-state index in [1.165, 1.54) is 30.0 Å². The third-order valence-electron chi connectivity index (χ3n) is 6.89. The molecule has 14 heteroatoms. The molecule has 2 aliphatic heterocycles. The minimum Gasteiger partial charge on any atom is -0.458 e. The van der Waals surface area contributed by atoms with Gasteiger partial charge in [0.25, 0.3) is 5.91 Å². The number of carbonyl (C=O) groups excluding carboxylic acids is 3. The van der Waals surface area contributed by atoms with Gasteiger partial charge in [-0.15, -0.1) is 5.10 Å². The third-order valence-corrected chi connectivity index (χ3v) is 11.6. The maximum Gasteiger partial charge on any atom is 0.338 e. The summed E-state index contributed by atoms with van der Waals surface area (Å²) in [4.78, 5) is 40.2. The molecule has 1 amide bonds. The van der Waals surface area contributed by atoms with Crippen molar-refractivity contribution in [2.45, 2.75) is 54.8 Å². The molecule has 0 spiro atoms. The highest BCUT2D eigenvalue weighted by atomic mass is 32.3. The van der Waals surface area contributed by atoms with Gasteiger partial charge in [-0.3, -0.25) is 14.5 Å². The Labute approximate surface area is 236 Å². The zero-order valence-electron chi connectivity index (χ0n) is 23.1. The summed E-state index contributed by atoms with van der Waals surface area (Å²) in [6.45, 7) is 10.2. The molecule has 0 bridgehead atoms. The molecule has 3 heterocycles. The quantitative estimate of drug-likeness (QED) is 0.240. The summed E-state index contributed by atoms with van der Waals surface area (Å²) >= 11 is 0.895. The molecule has 0 N–H and O–H groups in total. The Morgan fingerprint density at radius 3 is 2.40 bits per heavy atom. The van der Waals surface area contributed by atoms with Crippen LogP contribution in [0.25, 0.3) is 0 Å². The fourth-order valence-electron chi connectivity index (χ4n) is 4.70. The van der Waals surface area contributed by atoms with Crippen molar-refractivity contribution in [1.29, 1.82) is 0 Å². The Morgan fingerprint density at radius 1 is 1.23 bits per heavy atom. The summed E-state index contributed by atoms with van der Waals surface area (Å²) in [6.07, 6.45) is 0.0624. The molecule has 3 atom stereocenters. The van der Waals surface area contributed by atoms with E-state index in [-0.39, 0.29) is 40.8 Å². The lowest BCUT2D eigenvalue weighted by molar-refractivity contribution is -0.161. The molecule has 1 saturated heterocycles. The summed E-state index contributed by atoms with van der Waals surface area (Å²) in [5.74, 6) is -1.52. The van der Waals surface area contributed by atoms with Crippen LogP contribution in [0.2, 0.25) is 0 Å². The summed E-state index contributed by atoms with van der Waals surface area (Å²) in [6, 6.07) is 6.33. The SMILES string of the molecule is C=CCOC(=O)c1ccc(CC2(Sc3nnnn3C)C(C)=C(C(=O)C(C)(C)C)N3C(=O)[C@H](OC)[C@H]3S2(=O)=O)cc1. The van der Waals surface area contributed by atoms with Gasteiger partial charge in [0.1, 0.15) is 6.61 Å². The number of hydrogen-bond donors (Lipinski definition) is 0. The predicted molar refractivity (Wildman–Crippen MR) is 146 cm³/mol. The van der Waals surface area contributed by atoms with Crippen LogP contribution in [0.3, 0.4) is 0 Å². The number of nitrogens with zero attached hydrogens (tertiary/aromatic N) is 5. The molecular formula is C26H31N5O7S2. The second-order valence-corrected chi connectivity index (χ2v) is 14.3. The number of aryl methyl sites for hydroxylation is 1. The Kier molecular flexibility index (Phi) is 7.82. The van der Waals surface area contributed by atoms with Gasteiger partial charge in [0, 0.05) is 26.0 Å². The molecule has 0 saturated carbocycles. The van der Waals surface area contributed by atoms with Gasteiger partial charge in [-0.05, 0) is 40.6 Å². The monoisotopic (exact) mass is 589 g/mol. The maximum atomic E-state index is 14.6. The molecule has 1 aromatic heterocycles. The van der Waals surface area contributed by atoms with Crippen molar-refractivity contribution in [3.8, 4) is 0 Å². The number of Topliss-reactive ketones (excluding diaryl/α,β-unsaturated/α-hetero) is 1. The lowest BCUT2D eigenvalue weighted by atomic mass is 9.84. The van der Waals surface area contributed by atoms with E-state index < -0.39 is 42.7 Å². The third kappa shape index (κ3) is 4.67. The summed E-state index contributed by atoms with van der Waals surface area (Å²) in [5, 5.41) is 10.3. The lowest BCUT2D eigenvalue weighted by Gasteiger charge is -2.54. The van der Waals surface area contributed by atoms with Crippen LogP contribution in [0.1, 0.15) is 43.6 Å². The number of rotatable bonds is 9. The molecule has 4 rings (SSSR count). The van der Waals surface area contributed by atoms with Gasteiger partial charge < -0.3 is 9.47 Å². The molecule has 1 aromatic carbocycles. The van der Waals surface area contributed by atoms with Gasteiger partial charge in [-0.25, -0.2) is 17.9 Å². The Morgan fingerprint density at radius 2 is 1.88 bits per heavy atom. The maximum absolute atomic E-state index is 14.6. The molecule has 0 aliphatic carbocycles. The van der Waals surface area contributed by atoms with Gasteiger partial charge >= 0.3 is 5.97 Å². The van der Waals surface area contributed by atoms with Crippen LogP contribution in [-0.2, 0) is 42.4 Å². The highest BCUT2D eigenvalue weighted by molar-refractivity contribution is 8.15. The van der Waals surface area contributed by atoms with Crippen LogP contribution in [0.5, 0.6) is 0 Å². The van der Waals surface area contributed by atoms with E-state index in [2.05, 4.69) is 22.1 Å². The van der Waals surface area contributed by atoms with Crippen molar-refractivity contribution >= 4 is 39.3 Å². The van der Waals surface area contributed by atoms with Crippen LogP contribution >= 0.6 is 11.8 Å². The van der Waals surface area contributed by atoms with Crippen LogP contribution in [-0.4, -0.2) is 80.5 Å². The average molecular weight is 590 g/mol. The number of amides is 1. The molecule has 1 unspecified atom stereocenters. The molecule has 2 aliphatic rings. The first-order valence-electron chi connectivity index (χ1n) is 12.3. The summed E-state index contributed by atoms with van der Waals surface area (Å²) in [5.41, 5.74) is 0.132. The highest BCUT2D eigenvalue weighted by Gasteiger charge is 2.68. The summed E-state index contributed by atoms with van der Waals surface area (Å²) in [7, 11) is -1.45. The first-order valence-corrected chi connectivity index (χ1v) is 14.7. The molecule has 0 radical (unpaired) electrons. The Balaban J connectivity index is 1.93. The number of benzene rings is 1. The van der Waals surface area contributed by atoms with E-state index in [4.69, 9.17) is 9.47 Å². The van der Waals surface area contributed by atoms with Crippen molar-refractivity contribution in [3.63, 3.8) is 0 Å². The number of carbonyl (C=O) groups is 3. The number of esters is 1. The summed E-state index contributed by atoms with van der Waals surface area (Å²) < 4.78 is 39.1. The van der Waals surface area contributed by atoms with E-state index in [0.717, 1.165) is 16.7 Å². The van der Waals surface area contributed by atoms with E-state index in [1.54, 1.807) is 46.9 Å². The zero-order valence-corrected chi connectivity index (χ0v) is 24.7. The largest absolute Gasteiger partial charge is 0.458 e. The number of fused-ring (bicyclic) bond motifs is 1. The number of aromatic nitrogens is 4. The van der Waals surface area contributed by atoms with Gasteiger partial charge in [0.15, 0.2) is 31.2 Å². The molecule has 40 heavy (non-hydrogen) atoms. The van der Waals surface area contributed by atoms with Crippen LogP contribution in [0, 0.1) is 5.41 Å². The van der Waals surface area contributed by atoms with Gasteiger partial charge in [-0.1, -0.05) is 57.3 Å². The van der Waals surface area contributed by atoms with E-state index >= 15 is 0 Å². The number of ketones is 1. The topological polar surface area (TPSA) is 151 Å². The van der Waals surface area contributed by atoms with Crippen LogP contribution in [0.15, 0.2) is 53.3 Å². The second kappa shape index (κ2) is 10.6. The Bertz CT molecular complexity index is 1510. The number of methoxy groups -OCH3 is 1. The minimum atomic E-state index is -4.29. The van der Waals surface area contributed by atoms with E-state index in [9.17, 15) is 22.8 Å². The highest BCUT2D eigenvalue weighted by Crippen LogP contribution is 2.55. The predicted octanol–water partition coefficient (Wildman–Crippen LogP) is 2.08. The fraction of sp³-hybridized carbons (Fsp3) is 0.462. The number of allylic oxidation sites excluding steroid dienone is 1. The van der Waals surface area contributed by atoms with Crippen LogP contribution < -0.4 is 0 Å². The lowest BCUT2D eigenvalue weighted by Crippen LogP contribution is -2.74. The number of tetrazole rings is 1. The Hall–Kier alpha value is -3.36. The minimum absolute atomic E-state index is 0.0258. The first-order chi connectivity index (χ1) is 18.7. The molecule has 1 fully saturated rings. The van der Waals surface area contributed by atoms with Crippen molar-refractivity contribution < 1.29 is 32.3 Å². The molecule has 2 aromatic rings. The standard InChI is InChI=1S/C26H31N5O7S2/c1-8-13-38-23(34)17-11-9-16(10-12-17)14-26(39-24-27-28-29-30(24)6)15(2)18(20(32)25(3,4)5)31-21(33)19(37-7)22(31)40(26,35)36/h8-12,19,22H,1,13-14H2,2-7H3/t19-,22+,26?/m0/s1. The van der Waals surface area contributed by atoms with Gasteiger partial charge in [0.05, 0.1) is 11.3 Å². The van der Waals surface area contributed by atoms with Gasteiger partial charge in [-0.2, -0.15) is 0 Å². The van der Waals surface area contributed by atoms with Crippen molar-refractivity contribution in [2.24, 2.45) is 12.5 Å². The van der Waals surface area contributed by atoms with Crippen molar-refractivity contribution in [3.05, 3.63) is 59.3 Å². The first kappa shape index (κ1) is 29.6. The van der Waals surface area contributed by atoms with Crippen molar-refractivity contribution in [2.75, 3.05) is 13.7 Å². The zero-order chi connectivity index (χ0) is 29.6. The number of β-lactam (4-membered cyclic amide) rings is 1. The number of ether oxygens (including phenoxy) is 2. The molecule has 12 nitrogen and oxygen atoms in total. The fourth-order valence-corrected chi connectivity index (χ4v) is 9.04. The van der Waals surface area contributed by atoms with Crippen molar-refractivity contribution in [1.82, 2.24) is 25.1 Å². The number of sulfone groups is 1. The van der Waals surface area contributed by atoms with Gasteiger partial charge in [0.2, 0.25) is 5.16 Å². The normalized spacial score (nSPS) is 23.9. The molecule has 214 valence electrons. The van der Waals surface area contributed by atoms with E-state index in [1.807, 2.05) is 0 Å². The van der Waals surface area contributed by atoms with Crippen LogP contribution in [0.4, 0.5) is 0 Å². The van der Waals surface area contributed by atoms with E-state index in [0.29, 0.717) is 5.56 Å². The second-order valence-electron chi connectivity index (χ2n) is 10.6. The molecular weight excluding hydrogens is 558 g/mol. The average Bonchev–Trinajstić information content (AvgIpc) is 3.30. The number of hydrogen-bond acceptors (Lipinski definition) is 11. The smallest absolute Gasteiger partial charge is 0.338 e.